The van der Waals surface area contributed by atoms with Crippen molar-refractivity contribution in [1.29, 1.82) is 0 Å². The van der Waals surface area contributed by atoms with Crippen LogP contribution < -0.4 is 16.8 Å². The molecule has 1 aromatic heterocycles. The number of amides is 1. The van der Waals surface area contributed by atoms with Crippen LogP contribution in [0.25, 0.3) is 0 Å². The molecule has 104 valence electrons. The quantitative estimate of drug-likeness (QED) is 0.712. The van der Waals surface area contributed by atoms with Gasteiger partial charge in [0, 0.05) is 10.2 Å². The molecule has 1 aromatic carbocycles. The summed E-state index contributed by atoms with van der Waals surface area (Å²) in [4.78, 5) is 23.2. The maximum absolute atomic E-state index is 11.8. The SMILES string of the molecule is Nc1nc(N)nc(SCC(=O)Nc2cccc(Br)c2)n1. The number of anilines is 3. The maximum Gasteiger partial charge on any atom is 0.234 e. The highest BCUT2D eigenvalue weighted by molar-refractivity contribution is 9.10. The average molecular weight is 355 g/mol. The lowest BCUT2D eigenvalue weighted by atomic mass is 10.3. The number of carbonyl (C=O) groups is 1. The number of nitrogens with zero attached hydrogens (tertiary/aromatic N) is 3. The number of aromatic nitrogens is 3. The standard InChI is InChI=1S/C11H11BrN6OS/c12-6-2-1-3-7(4-6)15-8(19)5-20-11-17-9(13)16-10(14)18-11/h1-4H,5H2,(H,15,19)(H4,13,14,16,17,18). The van der Waals surface area contributed by atoms with Crippen molar-refractivity contribution in [1.82, 2.24) is 15.0 Å². The molecule has 1 amide bonds. The highest BCUT2D eigenvalue weighted by Gasteiger charge is 2.07. The van der Waals surface area contributed by atoms with E-state index in [9.17, 15) is 4.79 Å². The monoisotopic (exact) mass is 354 g/mol. The Hall–Kier alpha value is -1.87. The van der Waals surface area contributed by atoms with Crippen LogP contribution in [-0.2, 0) is 4.79 Å². The summed E-state index contributed by atoms with van der Waals surface area (Å²) < 4.78 is 0.890. The lowest BCUT2D eigenvalue weighted by Gasteiger charge is -2.05. The number of hydrogen-bond acceptors (Lipinski definition) is 7. The van der Waals surface area contributed by atoms with Gasteiger partial charge in [-0.3, -0.25) is 4.79 Å². The first-order valence-corrected chi connectivity index (χ1v) is 7.26. The van der Waals surface area contributed by atoms with Gasteiger partial charge in [0.25, 0.3) is 0 Å². The molecule has 0 fully saturated rings. The lowest BCUT2D eigenvalue weighted by Crippen LogP contribution is -2.14. The normalized spacial score (nSPS) is 10.2. The molecule has 0 aliphatic rings. The van der Waals surface area contributed by atoms with Crippen molar-refractivity contribution >= 4 is 51.2 Å². The van der Waals surface area contributed by atoms with Crippen molar-refractivity contribution in [3.63, 3.8) is 0 Å². The summed E-state index contributed by atoms with van der Waals surface area (Å²) in [6.45, 7) is 0. The number of hydrogen-bond donors (Lipinski definition) is 3. The van der Waals surface area contributed by atoms with E-state index in [4.69, 9.17) is 11.5 Å². The number of thioether (sulfide) groups is 1. The van der Waals surface area contributed by atoms with Crippen LogP contribution in [-0.4, -0.2) is 26.6 Å². The second-order valence-corrected chi connectivity index (χ2v) is 5.54. The summed E-state index contributed by atoms with van der Waals surface area (Å²) in [5.41, 5.74) is 11.6. The molecule has 0 spiro atoms. The number of carbonyl (C=O) groups excluding carboxylic acids is 1. The smallest absolute Gasteiger partial charge is 0.234 e. The molecule has 7 nitrogen and oxygen atoms in total. The number of nitrogens with one attached hydrogen (secondary N) is 1. The van der Waals surface area contributed by atoms with Crippen molar-refractivity contribution in [2.45, 2.75) is 5.16 Å². The van der Waals surface area contributed by atoms with Crippen LogP contribution in [0.3, 0.4) is 0 Å². The molecule has 9 heteroatoms. The van der Waals surface area contributed by atoms with Gasteiger partial charge in [0.15, 0.2) is 5.16 Å². The molecule has 0 aliphatic heterocycles. The highest BCUT2D eigenvalue weighted by atomic mass is 79.9. The predicted molar refractivity (Wildman–Crippen MR) is 82.1 cm³/mol. The molecule has 1 heterocycles. The Labute approximate surface area is 127 Å². The van der Waals surface area contributed by atoms with Crippen LogP contribution in [0.15, 0.2) is 33.9 Å². The van der Waals surface area contributed by atoms with E-state index in [2.05, 4.69) is 36.2 Å². The molecule has 0 atom stereocenters. The first-order chi connectivity index (χ1) is 9.52. The fraction of sp³-hybridized carbons (Fsp3) is 0.0909. The van der Waals surface area contributed by atoms with E-state index in [0.29, 0.717) is 10.8 Å². The largest absolute Gasteiger partial charge is 0.368 e. The third-order valence-corrected chi connectivity index (χ3v) is 3.43. The number of benzene rings is 1. The maximum atomic E-state index is 11.8. The summed E-state index contributed by atoms with van der Waals surface area (Å²) in [7, 11) is 0. The zero-order valence-electron chi connectivity index (χ0n) is 10.2. The summed E-state index contributed by atoms with van der Waals surface area (Å²) >= 11 is 4.47. The third kappa shape index (κ3) is 4.35. The van der Waals surface area contributed by atoms with Gasteiger partial charge in [0.1, 0.15) is 0 Å². The average Bonchev–Trinajstić information content (AvgIpc) is 2.35. The lowest BCUT2D eigenvalue weighted by molar-refractivity contribution is -0.113. The van der Waals surface area contributed by atoms with Crippen LogP contribution in [0, 0.1) is 0 Å². The highest BCUT2D eigenvalue weighted by Crippen LogP contribution is 2.17. The Kier molecular flexibility index (Phi) is 4.74. The molecule has 0 bridgehead atoms. The number of nitrogens with two attached hydrogens (primary N) is 2. The van der Waals surface area contributed by atoms with Gasteiger partial charge in [0.2, 0.25) is 17.8 Å². The topological polar surface area (TPSA) is 120 Å². The van der Waals surface area contributed by atoms with Gasteiger partial charge in [-0.05, 0) is 18.2 Å². The van der Waals surface area contributed by atoms with Crippen molar-refractivity contribution in [3.05, 3.63) is 28.7 Å². The fourth-order valence-electron chi connectivity index (χ4n) is 1.35. The molecule has 5 N–H and O–H groups in total. The molecule has 0 unspecified atom stereocenters. The fourth-order valence-corrected chi connectivity index (χ4v) is 2.39. The second-order valence-electron chi connectivity index (χ2n) is 3.68. The minimum Gasteiger partial charge on any atom is -0.368 e. The minimum absolute atomic E-state index is 0.0346. The van der Waals surface area contributed by atoms with Crippen molar-refractivity contribution in [3.8, 4) is 0 Å². The van der Waals surface area contributed by atoms with Gasteiger partial charge >= 0.3 is 0 Å². The van der Waals surface area contributed by atoms with E-state index in [1.54, 1.807) is 6.07 Å². The van der Waals surface area contributed by atoms with E-state index < -0.39 is 0 Å². The van der Waals surface area contributed by atoms with E-state index in [1.807, 2.05) is 18.2 Å². The third-order valence-electron chi connectivity index (χ3n) is 2.09. The van der Waals surface area contributed by atoms with Crippen LogP contribution in [0.2, 0.25) is 0 Å². The molecule has 2 rings (SSSR count). The Morgan fingerprint density at radius 3 is 2.60 bits per heavy atom. The van der Waals surface area contributed by atoms with Crippen LogP contribution in [0.5, 0.6) is 0 Å². The Bertz CT molecular complexity index is 618. The van der Waals surface area contributed by atoms with E-state index >= 15 is 0 Å². The van der Waals surface area contributed by atoms with Gasteiger partial charge in [0.05, 0.1) is 5.75 Å². The van der Waals surface area contributed by atoms with E-state index in [1.165, 1.54) is 0 Å². The molecule has 0 saturated carbocycles. The Morgan fingerprint density at radius 2 is 1.95 bits per heavy atom. The van der Waals surface area contributed by atoms with Crippen molar-refractivity contribution in [2.75, 3.05) is 22.5 Å². The van der Waals surface area contributed by atoms with Crippen LogP contribution in [0.1, 0.15) is 0 Å². The number of halogens is 1. The van der Waals surface area contributed by atoms with Gasteiger partial charge in [-0.1, -0.05) is 33.8 Å². The van der Waals surface area contributed by atoms with Crippen molar-refractivity contribution in [2.24, 2.45) is 0 Å². The first kappa shape index (κ1) is 14.5. The second kappa shape index (κ2) is 6.53. The van der Waals surface area contributed by atoms with Gasteiger partial charge in [-0.2, -0.15) is 15.0 Å². The van der Waals surface area contributed by atoms with Crippen LogP contribution in [0.4, 0.5) is 17.6 Å². The van der Waals surface area contributed by atoms with Gasteiger partial charge < -0.3 is 16.8 Å². The number of rotatable bonds is 4. The zero-order chi connectivity index (χ0) is 14.5. The molecule has 2 aromatic rings. The van der Waals surface area contributed by atoms with Gasteiger partial charge in [-0.25, -0.2) is 0 Å². The van der Waals surface area contributed by atoms with Crippen LogP contribution >= 0.6 is 27.7 Å². The zero-order valence-corrected chi connectivity index (χ0v) is 12.6. The first-order valence-electron chi connectivity index (χ1n) is 5.48. The van der Waals surface area contributed by atoms with E-state index in [-0.39, 0.29) is 23.6 Å². The van der Waals surface area contributed by atoms with Gasteiger partial charge in [-0.15, -0.1) is 0 Å². The molecule has 0 radical (unpaired) electrons. The Morgan fingerprint density at radius 1 is 1.25 bits per heavy atom. The number of nitrogen functional groups attached to an aromatic ring is 2. The summed E-state index contributed by atoms with van der Waals surface area (Å²) in [6.07, 6.45) is 0. The minimum atomic E-state index is -0.175. The van der Waals surface area contributed by atoms with Crippen molar-refractivity contribution < 1.29 is 4.79 Å². The predicted octanol–water partition coefficient (Wildman–Crippen LogP) is 1.53. The molecular formula is C11H11BrN6OS. The molecule has 20 heavy (non-hydrogen) atoms. The molecule has 0 aliphatic carbocycles. The molecular weight excluding hydrogens is 344 g/mol. The molecule has 0 saturated heterocycles. The van der Waals surface area contributed by atoms with E-state index in [0.717, 1.165) is 16.2 Å². The summed E-state index contributed by atoms with van der Waals surface area (Å²) in [6, 6.07) is 7.31. The Balaban J connectivity index is 1.92. The summed E-state index contributed by atoms with van der Waals surface area (Å²) in [5.74, 6) is 0.0422. The summed E-state index contributed by atoms with van der Waals surface area (Å²) in [5, 5.41) is 3.08.